The number of hydrogen-bond donors (Lipinski definition) is 1. The predicted molar refractivity (Wildman–Crippen MR) is 82.2 cm³/mol. The van der Waals surface area contributed by atoms with Crippen LogP contribution in [0.3, 0.4) is 0 Å². The summed E-state index contributed by atoms with van der Waals surface area (Å²) < 4.78 is 0. The first-order chi connectivity index (χ1) is 9.00. The van der Waals surface area contributed by atoms with Gasteiger partial charge in [-0.25, -0.2) is 0 Å². The van der Waals surface area contributed by atoms with Gasteiger partial charge in [0.1, 0.15) is 0 Å². The normalized spacial score (nSPS) is 21.3. The Bertz CT molecular complexity index is 384. The highest BCUT2D eigenvalue weighted by Gasteiger charge is 2.26. The fourth-order valence-corrected chi connectivity index (χ4v) is 2.73. The van der Waals surface area contributed by atoms with Gasteiger partial charge >= 0.3 is 0 Å². The molecule has 1 aromatic rings. The van der Waals surface area contributed by atoms with E-state index in [1.165, 1.54) is 37.1 Å². The average Bonchev–Trinajstić information content (AvgIpc) is 2.41. The molecule has 0 bridgehead atoms. The first kappa shape index (κ1) is 14.5. The van der Waals surface area contributed by atoms with Crippen LogP contribution in [0.4, 0.5) is 0 Å². The lowest BCUT2D eigenvalue weighted by Gasteiger charge is -2.38. The zero-order valence-corrected chi connectivity index (χ0v) is 12.7. The molecule has 0 aliphatic carbocycles. The first-order valence-electron chi connectivity index (χ1n) is 7.57. The van der Waals surface area contributed by atoms with E-state index in [4.69, 9.17) is 5.73 Å². The van der Waals surface area contributed by atoms with Gasteiger partial charge in [-0.1, -0.05) is 45.0 Å². The Morgan fingerprint density at radius 1 is 1.16 bits per heavy atom. The van der Waals surface area contributed by atoms with Gasteiger partial charge in [-0.2, -0.15) is 0 Å². The molecule has 1 aliphatic rings. The van der Waals surface area contributed by atoms with Gasteiger partial charge in [-0.05, 0) is 48.9 Å². The zero-order valence-electron chi connectivity index (χ0n) is 12.7. The van der Waals surface area contributed by atoms with Gasteiger partial charge in [-0.15, -0.1) is 0 Å². The number of nitrogens with two attached hydrogens (primary N) is 1. The number of piperidine rings is 1. The molecule has 2 rings (SSSR count). The number of likely N-dealkylation sites (tertiary alicyclic amines) is 1. The van der Waals surface area contributed by atoms with E-state index in [-0.39, 0.29) is 6.04 Å². The second kappa shape index (κ2) is 6.06. The van der Waals surface area contributed by atoms with E-state index >= 15 is 0 Å². The third kappa shape index (κ3) is 4.05. The van der Waals surface area contributed by atoms with Crippen LogP contribution in [0.5, 0.6) is 0 Å². The van der Waals surface area contributed by atoms with Gasteiger partial charge in [0.2, 0.25) is 0 Å². The SMILES string of the molecule is CCc1ccc(C(N)CN2CCC(C)(C)CC2)cc1. The molecule has 106 valence electrons. The Kier molecular flexibility index (Phi) is 4.64. The van der Waals surface area contributed by atoms with E-state index in [1.807, 2.05) is 0 Å². The fourth-order valence-electron chi connectivity index (χ4n) is 2.73. The van der Waals surface area contributed by atoms with Crippen molar-refractivity contribution in [2.45, 2.75) is 46.1 Å². The molecule has 0 saturated carbocycles. The van der Waals surface area contributed by atoms with Crippen LogP contribution < -0.4 is 5.73 Å². The lowest BCUT2D eigenvalue weighted by Crippen LogP contribution is -2.40. The second-order valence-corrected chi connectivity index (χ2v) is 6.67. The third-order valence-electron chi connectivity index (χ3n) is 4.48. The van der Waals surface area contributed by atoms with Crippen LogP contribution in [0.15, 0.2) is 24.3 Å². The maximum absolute atomic E-state index is 6.34. The molecule has 2 heteroatoms. The number of rotatable bonds is 4. The molecule has 19 heavy (non-hydrogen) atoms. The average molecular weight is 260 g/mol. The molecule has 1 saturated heterocycles. The molecule has 2 nitrogen and oxygen atoms in total. The lowest BCUT2D eigenvalue weighted by atomic mass is 9.82. The Labute approximate surface area is 118 Å². The van der Waals surface area contributed by atoms with Crippen molar-refractivity contribution >= 4 is 0 Å². The van der Waals surface area contributed by atoms with Crippen molar-refractivity contribution < 1.29 is 0 Å². The van der Waals surface area contributed by atoms with Gasteiger partial charge in [0, 0.05) is 12.6 Å². The van der Waals surface area contributed by atoms with E-state index in [1.54, 1.807) is 0 Å². The van der Waals surface area contributed by atoms with Crippen LogP contribution in [-0.4, -0.2) is 24.5 Å². The van der Waals surface area contributed by atoms with Crippen LogP contribution in [0, 0.1) is 5.41 Å². The van der Waals surface area contributed by atoms with E-state index in [2.05, 4.69) is 49.9 Å². The van der Waals surface area contributed by atoms with Crippen LogP contribution in [0.1, 0.15) is 50.8 Å². The summed E-state index contributed by atoms with van der Waals surface area (Å²) in [6, 6.07) is 8.93. The fraction of sp³-hybridized carbons (Fsp3) is 0.647. The summed E-state index contributed by atoms with van der Waals surface area (Å²) in [5.41, 5.74) is 9.51. The second-order valence-electron chi connectivity index (χ2n) is 6.67. The maximum atomic E-state index is 6.34. The van der Waals surface area contributed by atoms with Crippen LogP contribution >= 0.6 is 0 Å². The van der Waals surface area contributed by atoms with Crippen molar-refractivity contribution in [3.05, 3.63) is 35.4 Å². The minimum absolute atomic E-state index is 0.145. The standard InChI is InChI=1S/C17H28N2/c1-4-14-5-7-15(8-6-14)16(18)13-19-11-9-17(2,3)10-12-19/h5-8,16H,4,9-13,18H2,1-3H3. The third-order valence-corrected chi connectivity index (χ3v) is 4.48. The summed E-state index contributed by atoms with van der Waals surface area (Å²) in [6.07, 6.45) is 3.67. The molecule has 1 unspecified atom stereocenters. The Morgan fingerprint density at radius 3 is 2.26 bits per heavy atom. The molecule has 0 spiro atoms. The molecule has 1 fully saturated rings. The van der Waals surface area contributed by atoms with Crippen LogP contribution in [0.25, 0.3) is 0 Å². The summed E-state index contributed by atoms with van der Waals surface area (Å²) in [4.78, 5) is 2.52. The van der Waals surface area contributed by atoms with Crippen molar-refractivity contribution in [1.29, 1.82) is 0 Å². The molecule has 0 aromatic heterocycles. The molecule has 0 amide bonds. The highest BCUT2D eigenvalue weighted by Crippen LogP contribution is 2.30. The minimum Gasteiger partial charge on any atom is -0.323 e. The maximum Gasteiger partial charge on any atom is 0.0424 e. The highest BCUT2D eigenvalue weighted by molar-refractivity contribution is 5.25. The lowest BCUT2D eigenvalue weighted by molar-refractivity contribution is 0.127. The number of nitrogens with zero attached hydrogens (tertiary/aromatic N) is 1. The quantitative estimate of drug-likeness (QED) is 0.899. The smallest absolute Gasteiger partial charge is 0.0424 e. The van der Waals surface area contributed by atoms with Crippen LogP contribution in [-0.2, 0) is 6.42 Å². The van der Waals surface area contributed by atoms with Crippen molar-refractivity contribution in [3.8, 4) is 0 Å². The van der Waals surface area contributed by atoms with Crippen molar-refractivity contribution in [3.63, 3.8) is 0 Å². The summed E-state index contributed by atoms with van der Waals surface area (Å²) >= 11 is 0. The van der Waals surface area contributed by atoms with E-state index in [9.17, 15) is 0 Å². The van der Waals surface area contributed by atoms with Crippen LogP contribution in [0.2, 0.25) is 0 Å². The first-order valence-corrected chi connectivity index (χ1v) is 7.57. The Hall–Kier alpha value is -0.860. The number of aryl methyl sites for hydroxylation is 1. The summed E-state index contributed by atoms with van der Waals surface area (Å²) in [5, 5.41) is 0. The van der Waals surface area contributed by atoms with Gasteiger partial charge < -0.3 is 10.6 Å². The van der Waals surface area contributed by atoms with Gasteiger partial charge in [-0.3, -0.25) is 0 Å². The molecular weight excluding hydrogens is 232 g/mol. The molecule has 1 aromatic carbocycles. The number of hydrogen-bond acceptors (Lipinski definition) is 2. The summed E-state index contributed by atoms with van der Waals surface area (Å²) in [6.45, 7) is 10.3. The highest BCUT2D eigenvalue weighted by atomic mass is 15.1. The molecular formula is C17H28N2. The molecule has 2 N–H and O–H groups in total. The van der Waals surface area contributed by atoms with Gasteiger partial charge in [0.05, 0.1) is 0 Å². The van der Waals surface area contributed by atoms with E-state index in [0.717, 1.165) is 13.0 Å². The summed E-state index contributed by atoms with van der Waals surface area (Å²) in [5.74, 6) is 0. The molecule has 1 aliphatic heterocycles. The molecule has 0 radical (unpaired) electrons. The monoisotopic (exact) mass is 260 g/mol. The van der Waals surface area contributed by atoms with Gasteiger partial charge in [0.25, 0.3) is 0 Å². The van der Waals surface area contributed by atoms with Crippen molar-refractivity contribution in [2.75, 3.05) is 19.6 Å². The topological polar surface area (TPSA) is 29.3 Å². The van der Waals surface area contributed by atoms with E-state index in [0.29, 0.717) is 5.41 Å². The summed E-state index contributed by atoms with van der Waals surface area (Å²) in [7, 11) is 0. The minimum atomic E-state index is 0.145. The largest absolute Gasteiger partial charge is 0.323 e. The predicted octanol–water partition coefficient (Wildman–Crippen LogP) is 3.37. The van der Waals surface area contributed by atoms with Gasteiger partial charge in [0.15, 0.2) is 0 Å². The molecule has 1 heterocycles. The van der Waals surface area contributed by atoms with E-state index < -0.39 is 0 Å². The Balaban J connectivity index is 1.88. The Morgan fingerprint density at radius 2 is 1.74 bits per heavy atom. The van der Waals surface area contributed by atoms with Crippen molar-refractivity contribution in [1.82, 2.24) is 4.90 Å². The number of benzene rings is 1. The zero-order chi connectivity index (χ0) is 13.9. The molecule has 1 atom stereocenters. The van der Waals surface area contributed by atoms with Crippen molar-refractivity contribution in [2.24, 2.45) is 11.1 Å².